The Hall–Kier alpha value is -17.5. The zero-order chi connectivity index (χ0) is 99.3. The van der Waals surface area contributed by atoms with Crippen molar-refractivity contribution in [2.24, 2.45) is 0 Å². The molecule has 0 spiro atoms. The standard InChI is InChI=1S/C86H68N2.C31H25Br.C24H20N2/c1-5-61-27-35-65(36-28-61)57-85(58-66-37-29-62(6-2)30-38-66)81-25-17-15-23-77(81)79-53-51-75(55-83(79)85)87(71-19-11-9-12-20-71)73-47-43-69(44-48-73)70-45-49-74(50-46-70)88(72-21-13-10-14-22-72)76-52-54-80-78-24-16-18-26-82(78)86(84(80)56-76,59-67-39-31-63(7-3)32-40-67)60-68-41-33-64(8-4)34-42-68;1-3-22-9-13-24(14-10-22)20-31(21-25-15-11-23(4-2)12-16-25)29-8-6-5-7-27(29)28-18-17-26(32)19-30(28)31;1-3-7-21(8-4-1)25-23-15-11-19(12-16-23)20-13-17-24(18-14-20)26-22-9-5-2-6-10-22/h5-56H,1-4,57-60H2;3-19H,1-2,20-21H2;1-18,25-26H. The van der Waals surface area contributed by atoms with E-state index in [1.54, 1.807) is 0 Å². The molecule has 5 heteroatoms. The highest BCUT2D eigenvalue weighted by atomic mass is 79.9. The lowest BCUT2D eigenvalue weighted by molar-refractivity contribution is 0.519. The van der Waals surface area contributed by atoms with Gasteiger partial charge < -0.3 is 20.4 Å². The van der Waals surface area contributed by atoms with Crippen molar-refractivity contribution in [2.45, 2.75) is 54.8 Å². The van der Waals surface area contributed by atoms with Gasteiger partial charge in [0.1, 0.15) is 0 Å². The van der Waals surface area contributed by atoms with Crippen molar-refractivity contribution in [3.8, 4) is 55.6 Å². The van der Waals surface area contributed by atoms with Crippen LogP contribution in [0.5, 0.6) is 0 Å². The molecule has 0 unspecified atom stereocenters. The quantitative estimate of drug-likeness (QED) is 0.0470. The molecule has 20 aromatic carbocycles. The number of benzene rings is 20. The summed E-state index contributed by atoms with van der Waals surface area (Å²) in [5, 5.41) is 6.82. The van der Waals surface area contributed by atoms with Crippen LogP contribution in [0, 0.1) is 0 Å². The second kappa shape index (κ2) is 42.7. The molecule has 0 aliphatic heterocycles. The maximum Gasteiger partial charge on any atom is 0.0465 e. The molecule has 0 radical (unpaired) electrons. The minimum atomic E-state index is -0.351. The van der Waals surface area contributed by atoms with Gasteiger partial charge in [-0.15, -0.1) is 0 Å². The minimum absolute atomic E-state index is 0.138. The Kier molecular flexibility index (Phi) is 27.7. The van der Waals surface area contributed by atoms with Gasteiger partial charge in [-0.1, -0.05) is 450 Å². The zero-order valence-corrected chi connectivity index (χ0v) is 83.6. The summed E-state index contributed by atoms with van der Waals surface area (Å²) >= 11 is 3.75. The van der Waals surface area contributed by atoms with Crippen LogP contribution in [0.1, 0.15) is 100 Å². The van der Waals surface area contributed by atoms with E-state index in [-0.39, 0.29) is 16.2 Å². The molecule has 0 bridgehead atoms. The average molecular weight is 1940 g/mol. The van der Waals surface area contributed by atoms with Gasteiger partial charge in [0.05, 0.1) is 0 Å². The first-order chi connectivity index (χ1) is 71.8. The number of fused-ring (bicyclic) bond motifs is 9. The molecule has 3 aliphatic rings. The fourth-order valence-corrected chi connectivity index (χ4v) is 22.5. The van der Waals surface area contributed by atoms with Gasteiger partial charge in [-0.2, -0.15) is 0 Å². The van der Waals surface area contributed by atoms with Crippen molar-refractivity contribution >= 4 is 109 Å². The van der Waals surface area contributed by atoms with Gasteiger partial charge in [-0.3, -0.25) is 0 Å². The van der Waals surface area contributed by atoms with Crippen LogP contribution in [0.25, 0.3) is 92.1 Å². The Labute approximate surface area is 869 Å². The highest BCUT2D eigenvalue weighted by Gasteiger charge is 2.47. The topological polar surface area (TPSA) is 30.5 Å². The number of para-hydroxylation sites is 4. The molecule has 146 heavy (non-hydrogen) atoms. The van der Waals surface area contributed by atoms with Gasteiger partial charge >= 0.3 is 0 Å². The first-order valence-corrected chi connectivity index (χ1v) is 51.1. The SMILES string of the molecule is C=Cc1ccc(CC2(Cc3ccc(C=C)cc3)c3ccccc3-c3ccc(Br)cc32)cc1.C=Cc1ccc(CC2(Cc3ccc(C=C)cc3)c3ccccc3-c3ccc(N(c4ccccc4)c4ccc(-c5ccc(N(c6ccccc6)c6ccc7c(c6)C(Cc6ccc(C=C)cc6)(Cc6ccc(C=C)cc6)c6ccccc6-7)cc5)cc4)cc32)cc1.c1ccc(Nc2ccc(-c3ccc(Nc4ccccc4)cc3)cc2)cc1. The highest BCUT2D eigenvalue weighted by molar-refractivity contribution is 9.10. The van der Waals surface area contributed by atoms with E-state index in [4.69, 9.17) is 0 Å². The van der Waals surface area contributed by atoms with Crippen molar-refractivity contribution in [3.05, 3.63) is 635 Å². The van der Waals surface area contributed by atoms with Gasteiger partial charge in [-0.05, 0) is 328 Å². The van der Waals surface area contributed by atoms with Crippen LogP contribution in [0.4, 0.5) is 56.9 Å². The second-order valence-corrected chi connectivity index (χ2v) is 39.3. The van der Waals surface area contributed by atoms with Gasteiger partial charge in [0.25, 0.3) is 0 Å². The Morgan fingerprint density at radius 1 is 0.185 bits per heavy atom. The smallest absolute Gasteiger partial charge is 0.0465 e. The highest BCUT2D eigenvalue weighted by Crippen LogP contribution is 2.58. The molecular weight excluding hydrogens is 1830 g/mol. The molecule has 0 heterocycles. The zero-order valence-electron chi connectivity index (χ0n) is 82.0. The molecule has 704 valence electrons. The fraction of sp³-hybridized carbons (Fsp3) is 0.0638. The lowest BCUT2D eigenvalue weighted by Crippen LogP contribution is -2.31. The van der Waals surface area contributed by atoms with Gasteiger partial charge in [-0.25, -0.2) is 0 Å². The first-order valence-electron chi connectivity index (χ1n) is 50.3. The summed E-state index contributed by atoms with van der Waals surface area (Å²) in [6, 6.07) is 179. The largest absolute Gasteiger partial charge is 0.356 e. The third kappa shape index (κ3) is 19.9. The maximum absolute atomic E-state index is 4.05. The summed E-state index contributed by atoms with van der Waals surface area (Å²) in [5.41, 5.74) is 45.5. The number of halogens is 1. The summed E-state index contributed by atoms with van der Waals surface area (Å²) < 4.78 is 1.12. The van der Waals surface area contributed by atoms with Crippen LogP contribution in [-0.4, -0.2) is 0 Å². The number of nitrogens with zero attached hydrogens (tertiary/aromatic N) is 2. The van der Waals surface area contributed by atoms with Crippen molar-refractivity contribution < 1.29 is 0 Å². The molecule has 20 aromatic rings. The second-order valence-electron chi connectivity index (χ2n) is 38.3. The molecule has 0 saturated heterocycles. The first kappa shape index (κ1) is 94.7. The van der Waals surface area contributed by atoms with E-state index >= 15 is 0 Å². The van der Waals surface area contributed by atoms with E-state index in [1.807, 2.05) is 72.9 Å². The molecule has 0 atom stereocenters. The minimum Gasteiger partial charge on any atom is -0.356 e. The normalized spacial score (nSPS) is 12.5. The summed E-state index contributed by atoms with van der Waals surface area (Å²) in [6.45, 7) is 24.0. The van der Waals surface area contributed by atoms with Crippen molar-refractivity contribution in [3.63, 3.8) is 0 Å². The van der Waals surface area contributed by atoms with Gasteiger partial charge in [0.2, 0.25) is 0 Å². The van der Waals surface area contributed by atoms with Crippen molar-refractivity contribution in [2.75, 3.05) is 20.4 Å². The number of hydrogen-bond acceptors (Lipinski definition) is 4. The van der Waals surface area contributed by atoms with Crippen LogP contribution in [-0.2, 0) is 54.8 Å². The van der Waals surface area contributed by atoms with Crippen LogP contribution >= 0.6 is 15.9 Å². The summed E-state index contributed by atoms with van der Waals surface area (Å²) in [7, 11) is 0. The molecule has 4 nitrogen and oxygen atoms in total. The Morgan fingerprint density at radius 3 is 0.658 bits per heavy atom. The molecule has 0 saturated carbocycles. The van der Waals surface area contributed by atoms with Crippen LogP contribution < -0.4 is 20.4 Å². The van der Waals surface area contributed by atoms with E-state index in [0.717, 1.165) is 144 Å². The lowest BCUT2D eigenvalue weighted by atomic mass is 9.69. The molecule has 23 rings (SSSR count). The van der Waals surface area contributed by atoms with Gasteiger partial charge in [0, 0.05) is 77.6 Å². The van der Waals surface area contributed by atoms with Crippen LogP contribution in [0.2, 0.25) is 0 Å². The molecule has 0 fully saturated rings. The number of hydrogen-bond donors (Lipinski definition) is 2. The summed E-state index contributed by atoms with van der Waals surface area (Å²) in [6.07, 6.45) is 16.7. The Balaban J connectivity index is 0.000000173. The lowest BCUT2D eigenvalue weighted by Gasteiger charge is -2.34. The van der Waals surface area contributed by atoms with E-state index in [0.29, 0.717) is 0 Å². The van der Waals surface area contributed by atoms with Crippen LogP contribution in [0.3, 0.4) is 0 Å². The van der Waals surface area contributed by atoms with E-state index in [2.05, 4.69) is 531 Å². The summed E-state index contributed by atoms with van der Waals surface area (Å²) in [5.74, 6) is 0. The number of rotatable bonds is 30. The number of anilines is 10. The molecule has 0 amide bonds. The van der Waals surface area contributed by atoms with Gasteiger partial charge in [0.15, 0.2) is 0 Å². The third-order valence-electron chi connectivity index (χ3n) is 29.4. The fourth-order valence-electron chi connectivity index (χ4n) is 22.2. The molecule has 2 N–H and O–H groups in total. The van der Waals surface area contributed by atoms with E-state index in [1.165, 1.54) is 111 Å². The Morgan fingerprint density at radius 2 is 0.390 bits per heavy atom. The summed E-state index contributed by atoms with van der Waals surface area (Å²) in [4.78, 5) is 4.83. The number of nitrogens with one attached hydrogen (secondary N) is 2. The molecule has 0 aromatic heterocycles. The Bertz CT molecular complexity index is 7520. The van der Waals surface area contributed by atoms with Crippen molar-refractivity contribution in [1.82, 2.24) is 0 Å². The third-order valence-corrected chi connectivity index (χ3v) is 29.9. The van der Waals surface area contributed by atoms with Crippen molar-refractivity contribution in [1.29, 1.82) is 0 Å². The predicted octanol–water partition coefficient (Wildman–Crippen LogP) is 37.7. The predicted molar refractivity (Wildman–Crippen MR) is 627 cm³/mol. The monoisotopic (exact) mass is 1940 g/mol. The molecular formula is C141H113BrN4. The van der Waals surface area contributed by atoms with Crippen LogP contribution in [0.15, 0.2) is 535 Å². The van der Waals surface area contributed by atoms with E-state index < -0.39 is 0 Å². The molecule has 3 aliphatic carbocycles. The maximum atomic E-state index is 4.05. The van der Waals surface area contributed by atoms with E-state index in [9.17, 15) is 0 Å². The average Bonchev–Trinajstić information content (AvgIpc) is 1.52.